The monoisotopic (exact) mass is 223 g/mol. The summed E-state index contributed by atoms with van der Waals surface area (Å²) in [6, 6.07) is 0.643. The lowest BCUT2D eigenvalue weighted by Gasteiger charge is -2.25. The van der Waals surface area contributed by atoms with Crippen LogP contribution in [0.15, 0.2) is 0 Å². The second-order valence-corrected chi connectivity index (χ2v) is 6.24. The quantitative estimate of drug-likeness (QED) is 0.747. The molecule has 16 heavy (non-hydrogen) atoms. The van der Waals surface area contributed by atoms with Crippen LogP contribution >= 0.6 is 0 Å². The van der Waals surface area contributed by atoms with E-state index in [-0.39, 0.29) is 0 Å². The minimum Gasteiger partial charge on any atom is -0.383 e. The Balaban J connectivity index is 1.44. The van der Waals surface area contributed by atoms with Crippen molar-refractivity contribution in [1.82, 2.24) is 5.32 Å². The van der Waals surface area contributed by atoms with Crippen LogP contribution in [0.1, 0.15) is 38.5 Å². The Morgan fingerprint density at radius 1 is 1.19 bits per heavy atom. The van der Waals surface area contributed by atoms with Crippen LogP contribution < -0.4 is 5.32 Å². The van der Waals surface area contributed by atoms with Crippen LogP contribution in [-0.2, 0) is 4.74 Å². The molecule has 4 atom stereocenters. The Kier molecular flexibility index (Phi) is 3.21. The van der Waals surface area contributed by atoms with Gasteiger partial charge < -0.3 is 10.1 Å². The highest BCUT2D eigenvalue weighted by atomic mass is 16.5. The van der Waals surface area contributed by atoms with Gasteiger partial charge >= 0.3 is 0 Å². The van der Waals surface area contributed by atoms with Crippen molar-refractivity contribution in [3.63, 3.8) is 0 Å². The maximum absolute atomic E-state index is 5.32. The van der Waals surface area contributed by atoms with Gasteiger partial charge in [-0.3, -0.25) is 0 Å². The fourth-order valence-electron chi connectivity index (χ4n) is 3.97. The van der Waals surface area contributed by atoms with Crippen molar-refractivity contribution >= 4 is 0 Å². The summed E-state index contributed by atoms with van der Waals surface area (Å²) in [5.74, 6) is 4.04. The van der Waals surface area contributed by atoms with E-state index >= 15 is 0 Å². The number of nitrogens with one attached hydrogen (secondary N) is 1. The lowest BCUT2D eigenvalue weighted by atomic mass is 9.88. The highest BCUT2D eigenvalue weighted by molar-refractivity contribution is 4.93. The highest BCUT2D eigenvalue weighted by Crippen LogP contribution is 2.48. The summed E-state index contributed by atoms with van der Waals surface area (Å²) in [7, 11) is 1.83. The maximum atomic E-state index is 5.32. The van der Waals surface area contributed by atoms with Crippen LogP contribution in [0, 0.1) is 23.7 Å². The van der Waals surface area contributed by atoms with Crippen molar-refractivity contribution < 1.29 is 4.74 Å². The SMILES string of the molecule is COCC(NCC1CC2CCC1C2)C1CC1. The Morgan fingerprint density at radius 2 is 2.06 bits per heavy atom. The van der Waals surface area contributed by atoms with E-state index in [9.17, 15) is 0 Å². The van der Waals surface area contributed by atoms with Crippen LogP contribution in [0.4, 0.5) is 0 Å². The second kappa shape index (κ2) is 4.66. The average molecular weight is 223 g/mol. The normalized spacial score (nSPS) is 39.2. The molecule has 1 N–H and O–H groups in total. The summed E-state index contributed by atoms with van der Waals surface area (Å²) in [6.07, 6.45) is 8.89. The minimum atomic E-state index is 0.643. The number of fused-ring (bicyclic) bond motifs is 2. The van der Waals surface area contributed by atoms with Crippen molar-refractivity contribution in [2.24, 2.45) is 23.7 Å². The van der Waals surface area contributed by atoms with E-state index in [1.54, 1.807) is 0 Å². The van der Waals surface area contributed by atoms with Crippen LogP contribution in [0.2, 0.25) is 0 Å². The molecule has 3 aliphatic carbocycles. The first-order valence-electron chi connectivity index (χ1n) is 7.09. The van der Waals surface area contributed by atoms with Gasteiger partial charge in [-0.1, -0.05) is 6.42 Å². The highest BCUT2D eigenvalue weighted by Gasteiger charge is 2.40. The van der Waals surface area contributed by atoms with E-state index in [1.165, 1.54) is 45.1 Å². The van der Waals surface area contributed by atoms with E-state index in [1.807, 2.05) is 7.11 Å². The number of rotatable bonds is 6. The van der Waals surface area contributed by atoms with Gasteiger partial charge in [0, 0.05) is 13.2 Å². The van der Waals surface area contributed by atoms with Gasteiger partial charge in [0.1, 0.15) is 0 Å². The van der Waals surface area contributed by atoms with E-state index < -0.39 is 0 Å². The molecule has 0 saturated heterocycles. The lowest BCUT2D eigenvalue weighted by molar-refractivity contribution is 0.152. The molecule has 3 aliphatic rings. The Hall–Kier alpha value is -0.0800. The molecule has 0 aromatic rings. The Morgan fingerprint density at radius 3 is 2.62 bits per heavy atom. The molecule has 0 radical (unpaired) electrons. The first kappa shape index (κ1) is 11.0. The molecule has 2 heteroatoms. The van der Waals surface area contributed by atoms with Gasteiger partial charge in [-0.25, -0.2) is 0 Å². The van der Waals surface area contributed by atoms with Gasteiger partial charge in [0.2, 0.25) is 0 Å². The summed E-state index contributed by atoms with van der Waals surface area (Å²) in [4.78, 5) is 0. The van der Waals surface area contributed by atoms with E-state index in [0.29, 0.717) is 6.04 Å². The van der Waals surface area contributed by atoms with E-state index in [0.717, 1.165) is 30.3 Å². The van der Waals surface area contributed by atoms with Gasteiger partial charge in [0.25, 0.3) is 0 Å². The first-order chi connectivity index (χ1) is 7.86. The number of ether oxygens (including phenoxy) is 1. The van der Waals surface area contributed by atoms with Crippen molar-refractivity contribution in [3.05, 3.63) is 0 Å². The zero-order valence-corrected chi connectivity index (χ0v) is 10.5. The molecule has 0 aromatic heterocycles. The predicted octanol–water partition coefficient (Wildman–Crippen LogP) is 2.44. The summed E-state index contributed by atoms with van der Waals surface area (Å²) in [5.41, 5.74) is 0. The molecular formula is C14H25NO. The third-order valence-electron chi connectivity index (χ3n) is 5.06. The molecular weight excluding hydrogens is 198 g/mol. The first-order valence-corrected chi connectivity index (χ1v) is 7.09. The third kappa shape index (κ3) is 2.28. The topological polar surface area (TPSA) is 21.3 Å². The summed E-state index contributed by atoms with van der Waals surface area (Å²) in [6.45, 7) is 2.16. The maximum Gasteiger partial charge on any atom is 0.0618 e. The van der Waals surface area contributed by atoms with Crippen molar-refractivity contribution in [2.45, 2.75) is 44.6 Å². The summed E-state index contributed by atoms with van der Waals surface area (Å²) in [5, 5.41) is 3.78. The van der Waals surface area contributed by atoms with Crippen molar-refractivity contribution in [1.29, 1.82) is 0 Å². The molecule has 2 bridgehead atoms. The van der Waals surface area contributed by atoms with Crippen LogP contribution in [0.3, 0.4) is 0 Å². The predicted molar refractivity (Wildman–Crippen MR) is 65.3 cm³/mol. The van der Waals surface area contributed by atoms with E-state index in [2.05, 4.69) is 5.32 Å². The molecule has 4 unspecified atom stereocenters. The minimum absolute atomic E-state index is 0.643. The lowest BCUT2D eigenvalue weighted by Crippen LogP contribution is -2.39. The molecule has 0 aliphatic heterocycles. The smallest absolute Gasteiger partial charge is 0.0618 e. The molecule has 0 heterocycles. The van der Waals surface area contributed by atoms with E-state index in [4.69, 9.17) is 4.74 Å². The second-order valence-electron chi connectivity index (χ2n) is 6.24. The van der Waals surface area contributed by atoms with Crippen molar-refractivity contribution in [2.75, 3.05) is 20.3 Å². The molecule has 0 spiro atoms. The molecule has 0 aromatic carbocycles. The van der Waals surface area contributed by atoms with Gasteiger partial charge in [0.15, 0.2) is 0 Å². The van der Waals surface area contributed by atoms with Gasteiger partial charge in [-0.2, -0.15) is 0 Å². The number of hydrogen-bond acceptors (Lipinski definition) is 2. The zero-order chi connectivity index (χ0) is 11.0. The van der Waals surface area contributed by atoms with Crippen molar-refractivity contribution in [3.8, 4) is 0 Å². The van der Waals surface area contributed by atoms with Gasteiger partial charge in [-0.15, -0.1) is 0 Å². The Bertz CT molecular complexity index is 237. The van der Waals surface area contributed by atoms with Crippen LogP contribution in [0.5, 0.6) is 0 Å². The average Bonchev–Trinajstić information content (AvgIpc) is 2.93. The van der Waals surface area contributed by atoms with Gasteiger partial charge in [-0.05, 0) is 62.3 Å². The zero-order valence-electron chi connectivity index (χ0n) is 10.5. The number of methoxy groups -OCH3 is 1. The Labute approximate surface area is 99.1 Å². The van der Waals surface area contributed by atoms with Gasteiger partial charge in [0.05, 0.1) is 6.61 Å². The standard InChI is InChI=1S/C14H25NO/c1-16-9-14(11-4-5-11)15-8-13-7-10-2-3-12(13)6-10/h10-15H,2-9H2,1H3. The fraction of sp³-hybridized carbons (Fsp3) is 1.00. The largest absolute Gasteiger partial charge is 0.383 e. The van der Waals surface area contributed by atoms with Crippen LogP contribution in [-0.4, -0.2) is 26.3 Å². The van der Waals surface area contributed by atoms with Crippen LogP contribution in [0.25, 0.3) is 0 Å². The number of hydrogen-bond donors (Lipinski definition) is 1. The molecule has 2 nitrogen and oxygen atoms in total. The molecule has 3 saturated carbocycles. The molecule has 3 fully saturated rings. The molecule has 3 rings (SSSR count). The molecule has 0 amide bonds. The molecule has 92 valence electrons. The third-order valence-corrected chi connectivity index (χ3v) is 5.06. The fourth-order valence-corrected chi connectivity index (χ4v) is 3.97. The summed E-state index contributed by atoms with van der Waals surface area (Å²) >= 11 is 0. The summed E-state index contributed by atoms with van der Waals surface area (Å²) < 4.78 is 5.32.